The molecule has 0 bridgehead atoms. The number of hydrogen-bond acceptors (Lipinski definition) is 3. The SMILES string of the molecule is COc1ccccc1C(C(C)N)N(C)C1CCC1. The van der Waals surface area contributed by atoms with Gasteiger partial charge in [0.05, 0.1) is 13.2 Å². The molecule has 1 fully saturated rings. The second-order valence-corrected chi connectivity index (χ2v) is 5.30. The van der Waals surface area contributed by atoms with Crippen molar-refractivity contribution in [2.24, 2.45) is 5.73 Å². The Kier molecular flexibility index (Phi) is 4.25. The molecule has 1 aliphatic rings. The normalized spacial score (nSPS) is 19.4. The number of nitrogens with two attached hydrogens (primary N) is 1. The number of likely N-dealkylation sites (N-methyl/N-ethyl adjacent to an activating group) is 1. The molecule has 2 N–H and O–H groups in total. The van der Waals surface area contributed by atoms with Gasteiger partial charge in [-0.25, -0.2) is 0 Å². The smallest absolute Gasteiger partial charge is 0.123 e. The van der Waals surface area contributed by atoms with Crippen LogP contribution in [0.15, 0.2) is 24.3 Å². The number of hydrogen-bond donors (Lipinski definition) is 1. The molecule has 1 aromatic rings. The molecule has 0 saturated heterocycles. The third-order valence-corrected chi connectivity index (χ3v) is 4.05. The molecule has 3 heteroatoms. The van der Waals surface area contributed by atoms with Crippen LogP contribution >= 0.6 is 0 Å². The van der Waals surface area contributed by atoms with Crippen LogP contribution in [0, 0.1) is 0 Å². The zero-order valence-corrected chi connectivity index (χ0v) is 11.6. The number of para-hydroxylation sites is 1. The van der Waals surface area contributed by atoms with Gasteiger partial charge in [0.2, 0.25) is 0 Å². The Morgan fingerprint density at radius 2 is 2.00 bits per heavy atom. The average molecular weight is 248 g/mol. The summed E-state index contributed by atoms with van der Waals surface area (Å²) in [6.07, 6.45) is 3.91. The third kappa shape index (κ3) is 2.52. The van der Waals surface area contributed by atoms with Gasteiger partial charge in [-0.05, 0) is 32.9 Å². The molecule has 2 rings (SSSR count). The van der Waals surface area contributed by atoms with E-state index in [1.165, 1.54) is 24.8 Å². The van der Waals surface area contributed by atoms with Gasteiger partial charge < -0.3 is 10.5 Å². The summed E-state index contributed by atoms with van der Waals surface area (Å²) in [4.78, 5) is 2.42. The summed E-state index contributed by atoms with van der Waals surface area (Å²) in [5.41, 5.74) is 7.41. The van der Waals surface area contributed by atoms with E-state index in [1.807, 2.05) is 12.1 Å². The van der Waals surface area contributed by atoms with Gasteiger partial charge in [0.15, 0.2) is 0 Å². The molecule has 2 unspecified atom stereocenters. The van der Waals surface area contributed by atoms with E-state index in [9.17, 15) is 0 Å². The van der Waals surface area contributed by atoms with Gasteiger partial charge >= 0.3 is 0 Å². The molecule has 0 heterocycles. The van der Waals surface area contributed by atoms with E-state index in [0.29, 0.717) is 6.04 Å². The minimum atomic E-state index is 0.0897. The largest absolute Gasteiger partial charge is 0.496 e. The molecule has 0 aliphatic heterocycles. The Bertz CT molecular complexity index is 388. The lowest BCUT2D eigenvalue weighted by atomic mass is 9.88. The van der Waals surface area contributed by atoms with Crippen LogP contribution in [-0.4, -0.2) is 31.1 Å². The van der Waals surface area contributed by atoms with E-state index < -0.39 is 0 Å². The Morgan fingerprint density at radius 1 is 1.33 bits per heavy atom. The van der Waals surface area contributed by atoms with E-state index in [1.54, 1.807) is 7.11 Å². The van der Waals surface area contributed by atoms with Crippen LogP contribution in [0.4, 0.5) is 0 Å². The predicted octanol–water partition coefficient (Wildman–Crippen LogP) is 2.57. The van der Waals surface area contributed by atoms with Crippen molar-refractivity contribution in [3.05, 3.63) is 29.8 Å². The van der Waals surface area contributed by atoms with E-state index in [2.05, 4.69) is 31.0 Å². The summed E-state index contributed by atoms with van der Waals surface area (Å²) in [6.45, 7) is 2.08. The van der Waals surface area contributed by atoms with Gasteiger partial charge in [-0.15, -0.1) is 0 Å². The predicted molar refractivity (Wildman–Crippen MR) is 74.8 cm³/mol. The fourth-order valence-corrected chi connectivity index (χ4v) is 2.81. The molecule has 0 spiro atoms. The van der Waals surface area contributed by atoms with Gasteiger partial charge in [0, 0.05) is 17.6 Å². The second-order valence-electron chi connectivity index (χ2n) is 5.30. The first-order chi connectivity index (χ1) is 8.65. The van der Waals surface area contributed by atoms with E-state index >= 15 is 0 Å². The van der Waals surface area contributed by atoms with Crippen LogP contribution in [0.3, 0.4) is 0 Å². The van der Waals surface area contributed by atoms with E-state index in [0.717, 1.165) is 5.75 Å². The topological polar surface area (TPSA) is 38.5 Å². The average Bonchev–Trinajstić information content (AvgIpc) is 2.27. The minimum absolute atomic E-state index is 0.0897. The maximum atomic E-state index is 6.21. The van der Waals surface area contributed by atoms with Gasteiger partial charge in [0.1, 0.15) is 5.75 Å². The van der Waals surface area contributed by atoms with Crippen molar-refractivity contribution in [3.63, 3.8) is 0 Å². The van der Waals surface area contributed by atoms with Crippen molar-refractivity contribution >= 4 is 0 Å². The fourth-order valence-electron chi connectivity index (χ4n) is 2.81. The first-order valence-electron chi connectivity index (χ1n) is 6.75. The van der Waals surface area contributed by atoms with Crippen molar-refractivity contribution in [2.45, 2.75) is 44.3 Å². The second kappa shape index (κ2) is 5.72. The molecule has 1 aromatic carbocycles. The summed E-state index contributed by atoms with van der Waals surface area (Å²) >= 11 is 0. The van der Waals surface area contributed by atoms with Crippen LogP contribution in [0.5, 0.6) is 5.75 Å². The first kappa shape index (κ1) is 13.4. The number of ether oxygens (including phenoxy) is 1. The molecule has 18 heavy (non-hydrogen) atoms. The molecule has 1 saturated carbocycles. The molecule has 0 radical (unpaired) electrons. The zero-order chi connectivity index (χ0) is 13.1. The monoisotopic (exact) mass is 248 g/mol. The van der Waals surface area contributed by atoms with Gasteiger partial charge in [0.25, 0.3) is 0 Å². The van der Waals surface area contributed by atoms with Crippen molar-refractivity contribution in [2.75, 3.05) is 14.2 Å². The molecule has 0 aromatic heterocycles. The number of methoxy groups -OCH3 is 1. The summed E-state index contributed by atoms with van der Waals surface area (Å²) in [6, 6.07) is 9.19. The number of nitrogens with zero attached hydrogens (tertiary/aromatic N) is 1. The summed E-state index contributed by atoms with van der Waals surface area (Å²) in [7, 11) is 3.91. The Hall–Kier alpha value is -1.06. The highest BCUT2D eigenvalue weighted by molar-refractivity contribution is 5.36. The highest BCUT2D eigenvalue weighted by atomic mass is 16.5. The third-order valence-electron chi connectivity index (χ3n) is 4.05. The standard InChI is InChI=1S/C15H24N2O/c1-11(16)15(17(2)12-7-6-8-12)13-9-4-5-10-14(13)18-3/h4-5,9-12,15H,6-8,16H2,1-3H3. The van der Waals surface area contributed by atoms with Crippen molar-refractivity contribution < 1.29 is 4.74 Å². The van der Waals surface area contributed by atoms with Crippen LogP contribution in [0.2, 0.25) is 0 Å². The Morgan fingerprint density at radius 3 is 2.50 bits per heavy atom. The molecular weight excluding hydrogens is 224 g/mol. The lowest BCUT2D eigenvalue weighted by molar-refractivity contribution is 0.0964. The highest BCUT2D eigenvalue weighted by Crippen LogP contribution is 2.35. The lowest BCUT2D eigenvalue weighted by Gasteiger charge is -2.42. The molecule has 2 atom stereocenters. The molecule has 1 aliphatic carbocycles. The maximum Gasteiger partial charge on any atom is 0.123 e. The maximum absolute atomic E-state index is 6.21. The molecular formula is C15H24N2O. The summed E-state index contributed by atoms with van der Waals surface area (Å²) in [5, 5.41) is 0. The van der Waals surface area contributed by atoms with E-state index in [4.69, 9.17) is 10.5 Å². The number of benzene rings is 1. The van der Waals surface area contributed by atoms with Gasteiger partial charge in [-0.1, -0.05) is 24.6 Å². The molecule has 3 nitrogen and oxygen atoms in total. The van der Waals surface area contributed by atoms with Gasteiger partial charge in [-0.2, -0.15) is 0 Å². The molecule has 100 valence electrons. The van der Waals surface area contributed by atoms with Crippen molar-refractivity contribution in [3.8, 4) is 5.75 Å². The fraction of sp³-hybridized carbons (Fsp3) is 0.600. The van der Waals surface area contributed by atoms with E-state index in [-0.39, 0.29) is 12.1 Å². The summed E-state index contributed by atoms with van der Waals surface area (Å²) < 4.78 is 5.48. The van der Waals surface area contributed by atoms with Crippen molar-refractivity contribution in [1.29, 1.82) is 0 Å². The highest BCUT2D eigenvalue weighted by Gasteiger charge is 2.31. The zero-order valence-electron chi connectivity index (χ0n) is 11.6. The summed E-state index contributed by atoms with van der Waals surface area (Å²) in [5.74, 6) is 0.936. The van der Waals surface area contributed by atoms with Crippen LogP contribution in [0.25, 0.3) is 0 Å². The van der Waals surface area contributed by atoms with Crippen LogP contribution in [-0.2, 0) is 0 Å². The van der Waals surface area contributed by atoms with Crippen LogP contribution in [0.1, 0.15) is 37.8 Å². The minimum Gasteiger partial charge on any atom is -0.496 e. The van der Waals surface area contributed by atoms with Crippen LogP contribution < -0.4 is 10.5 Å². The Labute approximate surface area is 110 Å². The Balaban J connectivity index is 2.28. The number of rotatable bonds is 5. The van der Waals surface area contributed by atoms with Gasteiger partial charge in [-0.3, -0.25) is 4.90 Å². The first-order valence-corrected chi connectivity index (χ1v) is 6.75. The van der Waals surface area contributed by atoms with Crippen molar-refractivity contribution in [1.82, 2.24) is 4.90 Å². The molecule has 0 amide bonds. The quantitative estimate of drug-likeness (QED) is 0.870. The lowest BCUT2D eigenvalue weighted by Crippen LogP contribution is -2.45.